The topological polar surface area (TPSA) is 45.7 Å². The molecule has 1 aliphatic rings. The second-order valence-corrected chi connectivity index (χ2v) is 6.81. The molecular formula is C20H31N3O. The van der Waals surface area contributed by atoms with Crippen molar-refractivity contribution in [2.24, 2.45) is 4.99 Å². The average Bonchev–Trinajstić information content (AvgIpc) is 2.61. The van der Waals surface area contributed by atoms with Gasteiger partial charge in [-0.1, -0.05) is 55.8 Å². The number of benzene rings is 1. The van der Waals surface area contributed by atoms with E-state index in [9.17, 15) is 0 Å². The first-order valence-electron chi connectivity index (χ1n) is 8.95. The van der Waals surface area contributed by atoms with Gasteiger partial charge in [-0.3, -0.25) is 4.99 Å². The third-order valence-corrected chi connectivity index (χ3v) is 4.33. The summed E-state index contributed by atoms with van der Waals surface area (Å²) in [4.78, 5) is 4.79. The largest absolute Gasteiger partial charge is 0.377 e. The van der Waals surface area contributed by atoms with Crippen LogP contribution in [0.3, 0.4) is 0 Å². The molecule has 1 heterocycles. The Hall–Kier alpha value is -1.81. The van der Waals surface area contributed by atoms with Crippen LogP contribution in [0.15, 0.2) is 47.0 Å². The number of aliphatic imine (C=N–C) groups is 1. The Balaban J connectivity index is 1.88. The molecule has 1 aromatic rings. The van der Waals surface area contributed by atoms with Crippen molar-refractivity contribution in [2.45, 2.75) is 39.0 Å². The van der Waals surface area contributed by atoms with Gasteiger partial charge in [-0.25, -0.2) is 0 Å². The maximum Gasteiger partial charge on any atom is 0.191 e. The third-order valence-electron chi connectivity index (χ3n) is 4.33. The molecule has 0 amide bonds. The standard InChI is InChI=1S/C20H31N3O/c1-4-21-19(22-13-10-17-11-14-24-15-12-17)23-16-20(2,3)18-8-6-5-7-9-18/h5-9,11H,4,10,12-16H2,1-3H3,(H2,21,22,23). The summed E-state index contributed by atoms with van der Waals surface area (Å²) in [5, 5.41) is 6.79. The van der Waals surface area contributed by atoms with Gasteiger partial charge in [0.1, 0.15) is 0 Å². The lowest BCUT2D eigenvalue weighted by Crippen LogP contribution is -2.39. The van der Waals surface area contributed by atoms with Crippen molar-refractivity contribution < 1.29 is 4.74 Å². The number of nitrogens with one attached hydrogen (secondary N) is 2. The van der Waals surface area contributed by atoms with Crippen molar-refractivity contribution in [3.63, 3.8) is 0 Å². The first kappa shape index (κ1) is 18.5. The normalized spacial score (nSPS) is 15.8. The molecular weight excluding hydrogens is 298 g/mol. The fourth-order valence-electron chi connectivity index (χ4n) is 2.73. The number of nitrogens with zero attached hydrogens (tertiary/aromatic N) is 1. The molecule has 2 N–H and O–H groups in total. The molecule has 0 fully saturated rings. The minimum absolute atomic E-state index is 0.0207. The highest BCUT2D eigenvalue weighted by Crippen LogP contribution is 2.22. The van der Waals surface area contributed by atoms with Gasteiger partial charge in [0, 0.05) is 18.5 Å². The van der Waals surface area contributed by atoms with E-state index in [1.165, 1.54) is 11.1 Å². The van der Waals surface area contributed by atoms with Crippen LogP contribution < -0.4 is 10.6 Å². The molecule has 4 heteroatoms. The molecule has 0 aliphatic carbocycles. The smallest absolute Gasteiger partial charge is 0.191 e. The quantitative estimate of drug-likeness (QED) is 0.458. The zero-order chi connectivity index (χ0) is 17.3. The Morgan fingerprint density at radius 2 is 2.00 bits per heavy atom. The van der Waals surface area contributed by atoms with Crippen LogP contribution in [0.25, 0.3) is 0 Å². The van der Waals surface area contributed by atoms with Crippen LogP contribution in [0.2, 0.25) is 0 Å². The molecule has 0 saturated carbocycles. The van der Waals surface area contributed by atoms with Crippen LogP contribution in [0, 0.1) is 0 Å². The molecule has 0 atom stereocenters. The van der Waals surface area contributed by atoms with E-state index < -0.39 is 0 Å². The van der Waals surface area contributed by atoms with Gasteiger partial charge in [-0.2, -0.15) is 0 Å². The van der Waals surface area contributed by atoms with E-state index in [1.807, 2.05) is 0 Å². The fourth-order valence-corrected chi connectivity index (χ4v) is 2.73. The van der Waals surface area contributed by atoms with E-state index in [-0.39, 0.29) is 5.41 Å². The van der Waals surface area contributed by atoms with Crippen molar-refractivity contribution in [2.75, 3.05) is 32.8 Å². The maximum atomic E-state index is 5.35. The summed E-state index contributed by atoms with van der Waals surface area (Å²) in [5.74, 6) is 0.897. The molecule has 132 valence electrons. The summed E-state index contributed by atoms with van der Waals surface area (Å²) in [7, 11) is 0. The van der Waals surface area contributed by atoms with E-state index in [0.29, 0.717) is 0 Å². The molecule has 2 rings (SSSR count). The van der Waals surface area contributed by atoms with Gasteiger partial charge in [-0.15, -0.1) is 0 Å². The summed E-state index contributed by atoms with van der Waals surface area (Å²) in [6, 6.07) is 10.6. The molecule has 1 aromatic carbocycles. The van der Waals surface area contributed by atoms with Crippen LogP contribution >= 0.6 is 0 Å². The van der Waals surface area contributed by atoms with Crippen molar-refractivity contribution >= 4 is 5.96 Å². The van der Waals surface area contributed by atoms with Gasteiger partial charge in [0.05, 0.1) is 19.8 Å². The van der Waals surface area contributed by atoms with Gasteiger partial charge in [-0.05, 0) is 25.3 Å². The lowest BCUT2D eigenvalue weighted by Gasteiger charge is -2.24. The molecule has 0 aromatic heterocycles. The van der Waals surface area contributed by atoms with Gasteiger partial charge in [0.25, 0.3) is 0 Å². The molecule has 4 nitrogen and oxygen atoms in total. The number of guanidine groups is 1. The van der Waals surface area contributed by atoms with Crippen LogP contribution in [0.1, 0.15) is 39.2 Å². The van der Waals surface area contributed by atoms with Gasteiger partial charge < -0.3 is 15.4 Å². The van der Waals surface area contributed by atoms with Crippen LogP contribution in [0.4, 0.5) is 0 Å². The van der Waals surface area contributed by atoms with Gasteiger partial charge in [0.15, 0.2) is 5.96 Å². The number of ether oxygens (including phenoxy) is 1. The Bertz CT molecular complexity index is 549. The highest BCUT2D eigenvalue weighted by molar-refractivity contribution is 5.79. The summed E-state index contributed by atoms with van der Waals surface area (Å²) in [6.45, 7) is 10.7. The Kier molecular flexibility index (Phi) is 7.32. The lowest BCUT2D eigenvalue weighted by atomic mass is 9.85. The second kappa shape index (κ2) is 9.48. The molecule has 24 heavy (non-hydrogen) atoms. The van der Waals surface area contributed by atoms with Gasteiger partial charge in [0.2, 0.25) is 0 Å². The van der Waals surface area contributed by atoms with E-state index in [0.717, 1.165) is 51.6 Å². The maximum absolute atomic E-state index is 5.35. The summed E-state index contributed by atoms with van der Waals surface area (Å²) in [6.07, 6.45) is 4.31. The molecule has 0 bridgehead atoms. The highest BCUT2D eigenvalue weighted by atomic mass is 16.5. The van der Waals surface area contributed by atoms with E-state index in [2.05, 4.69) is 67.8 Å². The van der Waals surface area contributed by atoms with Crippen molar-refractivity contribution in [3.8, 4) is 0 Å². The number of hydrogen-bond donors (Lipinski definition) is 2. The predicted molar refractivity (Wildman–Crippen MR) is 102 cm³/mol. The van der Waals surface area contributed by atoms with E-state index >= 15 is 0 Å². The zero-order valence-electron chi connectivity index (χ0n) is 15.3. The molecule has 0 radical (unpaired) electrons. The van der Waals surface area contributed by atoms with Crippen molar-refractivity contribution in [3.05, 3.63) is 47.5 Å². The first-order chi connectivity index (χ1) is 11.6. The summed E-state index contributed by atoms with van der Waals surface area (Å²) >= 11 is 0. The number of hydrogen-bond acceptors (Lipinski definition) is 2. The Morgan fingerprint density at radius 1 is 1.21 bits per heavy atom. The van der Waals surface area contributed by atoms with Gasteiger partial charge >= 0.3 is 0 Å². The van der Waals surface area contributed by atoms with Crippen molar-refractivity contribution in [1.29, 1.82) is 0 Å². The lowest BCUT2D eigenvalue weighted by molar-refractivity contribution is 0.153. The molecule has 0 saturated heterocycles. The minimum atomic E-state index is 0.0207. The monoisotopic (exact) mass is 329 g/mol. The summed E-state index contributed by atoms with van der Waals surface area (Å²) < 4.78 is 5.35. The zero-order valence-corrected chi connectivity index (χ0v) is 15.3. The van der Waals surface area contributed by atoms with Crippen molar-refractivity contribution in [1.82, 2.24) is 10.6 Å². The Labute approximate surface area is 146 Å². The Morgan fingerprint density at radius 3 is 2.67 bits per heavy atom. The van der Waals surface area contributed by atoms with E-state index in [1.54, 1.807) is 0 Å². The molecule has 1 aliphatic heterocycles. The predicted octanol–water partition coefficient (Wildman–Crippen LogP) is 3.26. The first-order valence-corrected chi connectivity index (χ1v) is 8.95. The third kappa shape index (κ3) is 6.00. The minimum Gasteiger partial charge on any atom is -0.377 e. The van der Waals surface area contributed by atoms with E-state index in [4.69, 9.17) is 9.73 Å². The second-order valence-electron chi connectivity index (χ2n) is 6.81. The van der Waals surface area contributed by atoms with Crippen LogP contribution in [-0.4, -0.2) is 38.8 Å². The summed E-state index contributed by atoms with van der Waals surface area (Å²) in [5.41, 5.74) is 2.82. The van der Waals surface area contributed by atoms with Crippen LogP contribution in [0.5, 0.6) is 0 Å². The highest BCUT2D eigenvalue weighted by Gasteiger charge is 2.20. The fraction of sp³-hybridized carbons (Fsp3) is 0.550. The average molecular weight is 329 g/mol. The molecule has 0 unspecified atom stereocenters. The number of rotatable bonds is 7. The van der Waals surface area contributed by atoms with Crippen LogP contribution in [-0.2, 0) is 10.2 Å². The SMILES string of the molecule is CCNC(=NCC(C)(C)c1ccccc1)NCCC1=CCOCC1. The molecule has 0 spiro atoms.